The van der Waals surface area contributed by atoms with Crippen LogP contribution in [-0.2, 0) is 19.0 Å². The van der Waals surface area contributed by atoms with E-state index in [1.54, 1.807) is 20.8 Å². The Morgan fingerprint density at radius 1 is 1.27 bits per heavy atom. The van der Waals surface area contributed by atoms with Crippen molar-refractivity contribution in [3.8, 4) is 0 Å². The van der Waals surface area contributed by atoms with Crippen LogP contribution in [0.3, 0.4) is 0 Å². The summed E-state index contributed by atoms with van der Waals surface area (Å²) in [5.41, 5.74) is -6.27. The molecule has 1 amide bonds. The van der Waals surface area contributed by atoms with E-state index in [2.05, 4.69) is 4.18 Å². The number of hydrogen-bond acceptors (Lipinski definition) is 5. The van der Waals surface area contributed by atoms with E-state index in [-0.39, 0.29) is 5.76 Å². The molecule has 1 saturated heterocycles. The Morgan fingerprint density at radius 2 is 1.86 bits per heavy atom. The van der Waals surface area contributed by atoms with Crippen LogP contribution in [-0.4, -0.2) is 42.6 Å². The molecule has 2 aliphatic heterocycles. The normalized spacial score (nSPS) is 25.2. The standard InChI is InChI=1S/C12H16F3NO5S/c1-11(2,3)20-10(17)16-7-4-5-8(16)9(6-7)21-22(18,19)12(13,14)15/h6-8H,4-5H2,1-3H3. The lowest BCUT2D eigenvalue weighted by Crippen LogP contribution is -2.41. The first-order chi connectivity index (χ1) is 9.82. The summed E-state index contributed by atoms with van der Waals surface area (Å²) in [7, 11) is -5.73. The van der Waals surface area contributed by atoms with E-state index >= 15 is 0 Å². The zero-order valence-corrected chi connectivity index (χ0v) is 13.0. The Hall–Kier alpha value is -1.45. The summed E-state index contributed by atoms with van der Waals surface area (Å²) in [4.78, 5) is 13.3. The largest absolute Gasteiger partial charge is 0.534 e. The average Bonchev–Trinajstić information content (AvgIpc) is 2.80. The van der Waals surface area contributed by atoms with Crippen molar-refractivity contribution in [1.82, 2.24) is 4.90 Å². The predicted octanol–water partition coefficient (Wildman–Crippen LogP) is 2.52. The molecule has 6 nitrogen and oxygen atoms in total. The molecule has 0 aromatic rings. The first kappa shape index (κ1) is 16.9. The number of hydrogen-bond donors (Lipinski definition) is 0. The molecule has 2 heterocycles. The number of amides is 1. The van der Waals surface area contributed by atoms with Crippen LogP contribution in [0.1, 0.15) is 33.6 Å². The van der Waals surface area contributed by atoms with E-state index in [4.69, 9.17) is 4.74 Å². The first-order valence-corrected chi connectivity index (χ1v) is 7.96. The monoisotopic (exact) mass is 343 g/mol. The first-order valence-electron chi connectivity index (χ1n) is 6.55. The van der Waals surface area contributed by atoms with Gasteiger partial charge in [-0.1, -0.05) is 0 Å². The lowest BCUT2D eigenvalue weighted by molar-refractivity contribution is -0.0526. The molecule has 2 bridgehead atoms. The minimum Gasteiger partial charge on any atom is -0.444 e. The van der Waals surface area contributed by atoms with Crippen LogP contribution >= 0.6 is 0 Å². The summed E-state index contributed by atoms with van der Waals surface area (Å²) < 4.78 is 68.6. The van der Waals surface area contributed by atoms with Gasteiger partial charge < -0.3 is 8.92 Å². The maximum absolute atomic E-state index is 12.4. The Bertz CT molecular complexity index is 605. The Balaban J connectivity index is 2.14. The third-order valence-electron chi connectivity index (χ3n) is 3.21. The maximum atomic E-state index is 12.4. The van der Waals surface area contributed by atoms with Crippen molar-refractivity contribution in [2.75, 3.05) is 0 Å². The molecule has 2 atom stereocenters. The van der Waals surface area contributed by atoms with E-state index in [1.807, 2.05) is 0 Å². The summed E-state index contributed by atoms with van der Waals surface area (Å²) in [6.07, 6.45) is 1.35. The predicted molar refractivity (Wildman–Crippen MR) is 69.0 cm³/mol. The molecule has 10 heteroatoms. The fraction of sp³-hybridized carbons (Fsp3) is 0.750. The zero-order valence-electron chi connectivity index (χ0n) is 12.2. The van der Waals surface area contributed by atoms with Gasteiger partial charge >= 0.3 is 21.7 Å². The van der Waals surface area contributed by atoms with Gasteiger partial charge in [-0.05, 0) is 39.7 Å². The molecule has 22 heavy (non-hydrogen) atoms. The zero-order chi connectivity index (χ0) is 16.9. The van der Waals surface area contributed by atoms with Gasteiger partial charge in [0.05, 0.1) is 12.1 Å². The highest BCUT2D eigenvalue weighted by molar-refractivity contribution is 7.87. The highest BCUT2D eigenvalue weighted by Crippen LogP contribution is 2.40. The van der Waals surface area contributed by atoms with Gasteiger partial charge in [0, 0.05) is 0 Å². The molecule has 0 aliphatic carbocycles. The molecule has 2 unspecified atom stereocenters. The van der Waals surface area contributed by atoms with Gasteiger partial charge in [-0.15, -0.1) is 0 Å². The molecule has 0 saturated carbocycles. The van der Waals surface area contributed by atoms with Crippen molar-refractivity contribution in [2.24, 2.45) is 0 Å². The van der Waals surface area contributed by atoms with Gasteiger partial charge in [0.1, 0.15) is 11.4 Å². The second-order valence-corrected chi connectivity index (χ2v) is 7.64. The van der Waals surface area contributed by atoms with Crippen molar-refractivity contribution in [3.63, 3.8) is 0 Å². The van der Waals surface area contributed by atoms with Gasteiger partial charge in [0.25, 0.3) is 0 Å². The number of carbonyl (C=O) groups is 1. The smallest absolute Gasteiger partial charge is 0.444 e. The average molecular weight is 343 g/mol. The highest BCUT2D eigenvalue weighted by atomic mass is 32.2. The van der Waals surface area contributed by atoms with Gasteiger partial charge in [0.15, 0.2) is 0 Å². The van der Waals surface area contributed by atoms with Crippen LogP contribution in [0.4, 0.5) is 18.0 Å². The fourth-order valence-corrected chi connectivity index (χ4v) is 2.93. The van der Waals surface area contributed by atoms with E-state index in [9.17, 15) is 26.4 Å². The number of alkyl halides is 3. The molecule has 0 aromatic heterocycles. The van der Waals surface area contributed by atoms with Crippen LogP contribution in [0.25, 0.3) is 0 Å². The summed E-state index contributed by atoms with van der Waals surface area (Å²) in [6, 6.07) is -1.37. The van der Waals surface area contributed by atoms with Crippen molar-refractivity contribution in [2.45, 2.75) is 56.8 Å². The molecule has 0 spiro atoms. The van der Waals surface area contributed by atoms with Crippen LogP contribution in [0.2, 0.25) is 0 Å². The number of fused-ring (bicyclic) bond motifs is 2. The third kappa shape index (κ3) is 3.16. The molecule has 0 N–H and O–H groups in total. The third-order valence-corrected chi connectivity index (χ3v) is 4.19. The lowest BCUT2D eigenvalue weighted by atomic mass is 10.1. The number of carbonyl (C=O) groups excluding carboxylic acids is 1. The maximum Gasteiger partial charge on any atom is 0.534 e. The van der Waals surface area contributed by atoms with Crippen molar-refractivity contribution in [1.29, 1.82) is 0 Å². The molecular formula is C12H16F3NO5S. The van der Waals surface area contributed by atoms with E-state index in [1.165, 1.54) is 11.0 Å². The van der Waals surface area contributed by atoms with E-state index in [0.29, 0.717) is 12.8 Å². The fourth-order valence-electron chi connectivity index (χ4n) is 2.42. The van der Waals surface area contributed by atoms with Crippen LogP contribution in [0.5, 0.6) is 0 Å². The summed E-state index contributed by atoms with van der Waals surface area (Å²) >= 11 is 0. The second-order valence-electron chi connectivity index (χ2n) is 6.10. The molecule has 126 valence electrons. The Kier molecular flexibility index (Phi) is 3.87. The SMILES string of the molecule is CC(C)(C)OC(=O)N1C2C=C(OS(=O)(=O)C(F)(F)F)C1CC2. The van der Waals surface area contributed by atoms with Gasteiger partial charge in [-0.25, -0.2) is 4.79 Å². The highest BCUT2D eigenvalue weighted by Gasteiger charge is 2.53. The number of rotatable bonds is 2. The molecular weight excluding hydrogens is 327 g/mol. The Morgan fingerprint density at radius 3 is 2.36 bits per heavy atom. The summed E-state index contributed by atoms with van der Waals surface area (Å²) in [5.74, 6) is -0.376. The summed E-state index contributed by atoms with van der Waals surface area (Å²) in [5, 5.41) is 0. The topological polar surface area (TPSA) is 72.9 Å². The van der Waals surface area contributed by atoms with E-state index < -0.39 is 39.4 Å². The number of halogens is 3. The van der Waals surface area contributed by atoms with Crippen molar-refractivity contribution >= 4 is 16.2 Å². The van der Waals surface area contributed by atoms with Crippen LogP contribution in [0, 0.1) is 0 Å². The van der Waals surface area contributed by atoms with Crippen LogP contribution in [0.15, 0.2) is 11.8 Å². The van der Waals surface area contributed by atoms with Gasteiger partial charge in [0.2, 0.25) is 0 Å². The Labute approximate surface area is 126 Å². The molecule has 1 fully saturated rings. The lowest BCUT2D eigenvalue weighted by Gasteiger charge is -2.27. The number of nitrogens with zero attached hydrogens (tertiary/aromatic N) is 1. The van der Waals surface area contributed by atoms with Crippen molar-refractivity contribution < 1.29 is 35.3 Å². The molecule has 2 aliphatic rings. The molecule has 2 rings (SSSR count). The van der Waals surface area contributed by atoms with E-state index in [0.717, 1.165) is 0 Å². The quantitative estimate of drug-likeness (QED) is 0.569. The molecule has 0 aromatic carbocycles. The van der Waals surface area contributed by atoms with Crippen LogP contribution < -0.4 is 0 Å². The van der Waals surface area contributed by atoms with Gasteiger partial charge in [-0.2, -0.15) is 21.6 Å². The second kappa shape index (κ2) is 5.04. The van der Waals surface area contributed by atoms with Crippen molar-refractivity contribution in [3.05, 3.63) is 11.8 Å². The molecule has 0 radical (unpaired) electrons. The minimum absolute atomic E-state index is 0.323. The minimum atomic E-state index is -5.73. The summed E-state index contributed by atoms with van der Waals surface area (Å²) in [6.45, 7) is 4.96. The van der Waals surface area contributed by atoms with Gasteiger partial charge in [-0.3, -0.25) is 4.90 Å². The number of ether oxygens (including phenoxy) is 1.